The number of carbonyl (C=O) groups is 2. The number of benzene rings is 1. The maximum Gasteiger partial charge on any atom is 0.244 e. The van der Waals surface area contributed by atoms with Crippen molar-refractivity contribution in [3.63, 3.8) is 0 Å². The Hall–Kier alpha value is -1.88. The zero-order valence-corrected chi connectivity index (χ0v) is 12.3. The molecular weight excluding hydrogens is 254 g/mol. The molecule has 0 aromatic heterocycles. The summed E-state index contributed by atoms with van der Waals surface area (Å²) in [7, 11) is 3.43. The fourth-order valence-electron chi connectivity index (χ4n) is 1.76. The van der Waals surface area contributed by atoms with Crippen molar-refractivity contribution >= 4 is 11.8 Å². The van der Waals surface area contributed by atoms with Crippen molar-refractivity contribution in [3.8, 4) is 0 Å². The van der Waals surface area contributed by atoms with E-state index in [1.807, 2.05) is 30.3 Å². The molecule has 20 heavy (non-hydrogen) atoms. The van der Waals surface area contributed by atoms with Crippen LogP contribution in [0.1, 0.15) is 25.3 Å². The van der Waals surface area contributed by atoms with Crippen LogP contribution in [-0.4, -0.2) is 37.4 Å². The highest BCUT2D eigenvalue weighted by atomic mass is 16.2. The molecule has 1 unspecified atom stereocenters. The zero-order valence-electron chi connectivity index (χ0n) is 12.3. The smallest absolute Gasteiger partial charge is 0.244 e. The summed E-state index contributed by atoms with van der Waals surface area (Å²) in [5.74, 6) is -0.182. The van der Waals surface area contributed by atoms with Gasteiger partial charge in [-0.3, -0.25) is 9.59 Å². The van der Waals surface area contributed by atoms with Gasteiger partial charge >= 0.3 is 0 Å². The summed E-state index contributed by atoms with van der Waals surface area (Å²) < 4.78 is 0. The maximum absolute atomic E-state index is 12.1. The normalized spacial score (nSPS) is 13.4. The van der Waals surface area contributed by atoms with Gasteiger partial charge in [-0.15, -0.1) is 0 Å². The third-order valence-corrected chi connectivity index (χ3v) is 3.20. The number of hydrogen-bond donors (Lipinski definition) is 2. The van der Waals surface area contributed by atoms with Crippen molar-refractivity contribution in [1.82, 2.24) is 10.2 Å². The second-order valence-electron chi connectivity index (χ2n) is 5.22. The fourth-order valence-corrected chi connectivity index (χ4v) is 1.76. The lowest BCUT2D eigenvalue weighted by Crippen LogP contribution is -2.49. The molecule has 1 rings (SSSR count). The molecule has 0 bridgehead atoms. The number of nitrogens with one attached hydrogen (secondary N) is 1. The molecule has 0 saturated heterocycles. The van der Waals surface area contributed by atoms with Crippen LogP contribution >= 0.6 is 0 Å². The highest BCUT2D eigenvalue weighted by molar-refractivity contribution is 5.87. The predicted octanol–water partition coefficient (Wildman–Crippen LogP) is 0.845. The quantitative estimate of drug-likeness (QED) is 0.757. The van der Waals surface area contributed by atoms with Crippen LogP contribution in [0, 0.1) is 0 Å². The topological polar surface area (TPSA) is 75.4 Å². The van der Waals surface area contributed by atoms with Crippen LogP contribution in [-0.2, 0) is 15.1 Å². The maximum atomic E-state index is 12.1. The van der Waals surface area contributed by atoms with E-state index in [-0.39, 0.29) is 11.8 Å². The van der Waals surface area contributed by atoms with Crippen molar-refractivity contribution in [2.75, 3.05) is 20.6 Å². The van der Waals surface area contributed by atoms with Crippen LogP contribution in [0.3, 0.4) is 0 Å². The van der Waals surface area contributed by atoms with Gasteiger partial charge in [0.2, 0.25) is 11.8 Å². The van der Waals surface area contributed by atoms with Crippen molar-refractivity contribution in [2.45, 2.75) is 25.3 Å². The number of hydrogen-bond acceptors (Lipinski definition) is 3. The van der Waals surface area contributed by atoms with E-state index < -0.39 is 5.54 Å². The van der Waals surface area contributed by atoms with Gasteiger partial charge in [0.15, 0.2) is 0 Å². The largest absolute Gasteiger partial charge is 0.354 e. The summed E-state index contributed by atoms with van der Waals surface area (Å²) in [6.45, 7) is 2.13. The van der Waals surface area contributed by atoms with E-state index in [2.05, 4.69) is 5.32 Å². The molecule has 2 amide bonds. The molecule has 1 aromatic rings. The molecule has 0 aliphatic heterocycles. The first kappa shape index (κ1) is 16.2. The number of nitrogens with zero attached hydrogens (tertiary/aromatic N) is 1. The van der Waals surface area contributed by atoms with Crippen LogP contribution in [0.2, 0.25) is 0 Å². The first-order valence-electron chi connectivity index (χ1n) is 6.68. The summed E-state index contributed by atoms with van der Waals surface area (Å²) in [6.07, 6.45) is 1.02. The Labute approximate surface area is 120 Å². The van der Waals surface area contributed by atoms with E-state index in [0.29, 0.717) is 19.4 Å². The lowest BCUT2D eigenvalue weighted by atomic mass is 9.92. The molecule has 3 N–H and O–H groups in total. The first-order valence-corrected chi connectivity index (χ1v) is 6.68. The van der Waals surface area contributed by atoms with E-state index in [0.717, 1.165) is 5.56 Å². The predicted molar refractivity (Wildman–Crippen MR) is 78.9 cm³/mol. The second-order valence-corrected chi connectivity index (χ2v) is 5.22. The zero-order chi connectivity index (χ0) is 15.2. The van der Waals surface area contributed by atoms with Gasteiger partial charge in [-0.2, -0.15) is 0 Å². The van der Waals surface area contributed by atoms with Crippen molar-refractivity contribution < 1.29 is 9.59 Å². The Bertz CT molecular complexity index is 455. The minimum atomic E-state index is -1.06. The lowest BCUT2D eigenvalue weighted by molar-refractivity contribution is -0.129. The molecule has 1 atom stereocenters. The van der Waals surface area contributed by atoms with Gasteiger partial charge in [0.1, 0.15) is 5.54 Å². The molecule has 0 aliphatic rings. The summed E-state index contributed by atoms with van der Waals surface area (Å²) in [5, 5.41) is 2.78. The van der Waals surface area contributed by atoms with Crippen LogP contribution < -0.4 is 11.1 Å². The van der Waals surface area contributed by atoms with Gasteiger partial charge in [0.25, 0.3) is 0 Å². The summed E-state index contributed by atoms with van der Waals surface area (Å²) in [4.78, 5) is 25.0. The van der Waals surface area contributed by atoms with Crippen molar-refractivity contribution in [3.05, 3.63) is 35.9 Å². The number of nitrogens with two attached hydrogens (primary N) is 1. The Morgan fingerprint density at radius 3 is 2.40 bits per heavy atom. The monoisotopic (exact) mass is 277 g/mol. The molecule has 0 radical (unpaired) electrons. The fraction of sp³-hybridized carbons (Fsp3) is 0.467. The molecular formula is C15H23N3O2. The lowest BCUT2D eigenvalue weighted by Gasteiger charge is -2.24. The van der Waals surface area contributed by atoms with Gasteiger partial charge in [-0.25, -0.2) is 0 Å². The molecule has 0 spiro atoms. The molecule has 0 aliphatic carbocycles. The minimum absolute atomic E-state index is 0.0535. The van der Waals surface area contributed by atoms with Crippen LogP contribution in [0.25, 0.3) is 0 Å². The molecule has 110 valence electrons. The average molecular weight is 277 g/mol. The van der Waals surface area contributed by atoms with Crippen LogP contribution in [0.5, 0.6) is 0 Å². The first-order chi connectivity index (χ1) is 9.35. The number of rotatable bonds is 6. The van der Waals surface area contributed by atoms with E-state index >= 15 is 0 Å². The third kappa shape index (κ3) is 4.35. The van der Waals surface area contributed by atoms with Gasteiger partial charge in [0.05, 0.1) is 0 Å². The SMILES string of the molecule is CN(C)C(=O)CCCNC(=O)C(C)(N)c1ccccc1. The van der Waals surface area contributed by atoms with Gasteiger partial charge in [-0.05, 0) is 18.9 Å². The Kier molecular flexibility index (Phi) is 5.70. The van der Waals surface area contributed by atoms with Gasteiger partial charge in [0, 0.05) is 27.1 Å². The van der Waals surface area contributed by atoms with E-state index in [4.69, 9.17) is 5.73 Å². The Morgan fingerprint density at radius 2 is 1.85 bits per heavy atom. The van der Waals surface area contributed by atoms with Crippen LogP contribution in [0.15, 0.2) is 30.3 Å². The number of amides is 2. The van der Waals surface area contributed by atoms with Crippen molar-refractivity contribution in [2.24, 2.45) is 5.73 Å². The molecule has 1 aromatic carbocycles. The van der Waals surface area contributed by atoms with E-state index in [9.17, 15) is 9.59 Å². The van der Waals surface area contributed by atoms with E-state index in [1.54, 1.807) is 25.9 Å². The Morgan fingerprint density at radius 1 is 1.25 bits per heavy atom. The standard InChI is InChI=1S/C15H23N3O2/c1-15(16,12-8-5-4-6-9-12)14(20)17-11-7-10-13(19)18(2)3/h4-6,8-9H,7,10-11,16H2,1-3H3,(H,17,20). The summed E-state index contributed by atoms with van der Waals surface area (Å²) >= 11 is 0. The van der Waals surface area contributed by atoms with Crippen molar-refractivity contribution in [1.29, 1.82) is 0 Å². The molecule has 5 nitrogen and oxygen atoms in total. The molecule has 0 fully saturated rings. The summed E-state index contributed by atoms with van der Waals surface area (Å²) in [6, 6.07) is 9.24. The molecule has 5 heteroatoms. The summed E-state index contributed by atoms with van der Waals surface area (Å²) in [5.41, 5.74) is 5.79. The minimum Gasteiger partial charge on any atom is -0.354 e. The Balaban J connectivity index is 2.45. The third-order valence-electron chi connectivity index (χ3n) is 3.20. The van der Waals surface area contributed by atoms with E-state index in [1.165, 1.54) is 0 Å². The van der Waals surface area contributed by atoms with Gasteiger partial charge in [-0.1, -0.05) is 30.3 Å². The highest BCUT2D eigenvalue weighted by Crippen LogP contribution is 2.17. The average Bonchev–Trinajstić information content (AvgIpc) is 2.43. The van der Waals surface area contributed by atoms with Crippen LogP contribution in [0.4, 0.5) is 0 Å². The molecule has 0 heterocycles. The number of carbonyl (C=O) groups excluding carboxylic acids is 2. The molecule has 0 saturated carbocycles. The van der Waals surface area contributed by atoms with Gasteiger partial charge < -0.3 is 16.0 Å². The highest BCUT2D eigenvalue weighted by Gasteiger charge is 2.29. The second kappa shape index (κ2) is 7.05.